The molecule has 5 heteroatoms. The van der Waals surface area contributed by atoms with Gasteiger partial charge in [-0.05, 0) is 39.6 Å². The fourth-order valence-corrected chi connectivity index (χ4v) is 2.12. The first-order valence-corrected chi connectivity index (χ1v) is 7.71. The summed E-state index contributed by atoms with van der Waals surface area (Å²) in [6, 6.07) is 12.1. The molecule has 2 N–H and O–H groups in total. The van der Waals surface area contributed by atoms with Gasteiger partial charge in [-0.1, -0.05) is 39.0 Å². The molecular weight excluding hydrogens is 375 g/mol. The molecule has 0 saturated carbocycles. The normalized spacial score (nSPS) is 11.9. The van der Waals surface area contributed by atoms with Crippen molar-refractivity contribution >= 4 is 22.6 Å². The van der Waals surface area contributed by atoms with Gasteiger partial charge in [0.1, 0.15) is 23.5 Å². The van der Waals surface area contributed by atoms with E-state index >= 15 is 0 Å². The number of nitrogens with zero attached hydrogens (tertiary/aromatic N) is 2. The molecule has 0 saturated heterocycles. The standard InChI is InChI=1S/C16H19IN4/c1-16(2,3)11-21-15(9-19)14(8-18)20-10-12-6-4-5-7-13(12)17/h4-7,20-21H,10-11H2,1-3H3/b15-14-. The Bertz CT molecular complexity index is 600. The zero-order valence-corrected chi connectivity index (χ0v) is 14.7. The minimum atomic E-state index is 0.0392. The highest BCUT2D eigenvalue weighted by Crippen LogP contribution is 2.13. The maximum absolute atomic E-state index is 9.24. The Balaban J connectivity index is 2.81. The van der Waals surface area contributed by atoms with Crippen LogP contribution in [0.2, 0.25) is 0 Å². The van der Waals surface area contributed by atoms with Crippen LogP contribution in [0.5, 0.6) is 0 Å². The van der Waals surface area contributed by atoms with Gasteiger partial charge in [-0.15, -0.1) is 0 Å². The third kappa shape index (κ3) is 6.05. The van der Waals surface area contributed by atoms with Crippen molar-refractivity contribution in [3.8, 4) is 12.1 Å². The molecule has 0 spiro atoms. The first-order chi connectivity index (χ1) is 9.87. The number of nitrogens with one attached hydrogen (secondary N) is 2. The highest BCUT2D eigenvalue weighted by molar-refractivity contribution is 14.1. The van der Waals surface area contributed by atoms with E-state index in [1.165, 1.54) is 0 Å². The van der Waals surface area contributed by atoms with Gasteiger partial charge < -0.3 is 10.6 Å². The van der Waals surface area contributed by atoms with Crippen LogP contribution in [0.15, 0.2) is 35.7 Å². The molecule has 0 bridgehead atoms. The molecule has 21 heavy (non-hydrogen) atoms. The van der Waals surface area contributed by atoms with Crippen molar-refractivity contribution in [1.82, 2.24) is 10.6 Å². The van der Waals surface area contributed by atoms with Crippen molar-refractivity contribution in [1.29, 1.82) is 10.5 Å². The van der Waals surface area contributed by atoms with Crippen LogP contribution in [0.3, 0.4) is 0 Å². The van der Waals surface area contributed by atoms with E-state index in [2.05, 4.69) is 66.1 Å². The summed E-state index contributed by atoms with van der Waals surface area (Å²) in [4.78, 5) is 0. The zero-order valence-electron chi connectivity index (χ0n) is 12.5. The van der Waals surface area contributed by atoms with Crippen molar-refractivity contribution in [2.45, 2.75) is 27.3 Å². The van der Waals surface area contributed by atoms with Crippen LogP contribution in [-0.4, -0.2) is 6.54 Å². The van der Waals surface area contributed by atoms with Crippen LogP contribution >= 0.6 is 22.6 Å². The minimum absolute atomic E-state index is 0.0392. The molecular formula is C16H19IN4. The quantitative estimate of drug-likeness (QED) is 0.594. The van der Waals surface area contributed by atoms with Crippen molar-refractivity contribution in [2.24, 2.45) is 5.41 Å². The number of hydrogen-bond donors (Lipinski definition) is 2. The topological polar surface area (TPSA) is 71.6 Å². The minimum Gasteiger partial charge on any atom is -0.374 e. The van der Waals surface area contributed by atoms with E-state index in [1.54, 1.807) is 0 Å². The molecule has 0 atom stereocenters. The Kier molecular flexibility index (Phi) is 6.51. The summed E-state index contributed by atoms with van der Waals surface area (Å²) in [5.74, 6) is 0. The third-order valence-corrected chi connectivity index (χ3v) is 3.73. The molecule has 0 aliphatic carbocycles. The molecule has 0 heterocycles. The van der Waals surface area contributed by atoms with Gasteiger partial charge >= 0.3 is 0 Å². The van der Waals surface area contributed by atoms with Crippen molar-refractivity contribution < 1.29 is 0 Å². The molecule has 0 unspecified atom stereocenters. The molecule has 0 amide bonds. The van der Waals surface area contributed by atoms with E-state index in [0.717, 1.165) is 9.13 Å². The molecule has 0 aliphatic heterocycles. The summed E-state index contributed by atoms with van der Waals surface area (Å²) in [5, 5.41) is 24.5. The number of nitriles is 2. The maximum atomic E-state index is 9.24. The second-order valence-corrected chi connectivity index (χ2v) is 6.99. The van der Waals surface area contributed by atoms with Crippen LogP contribution in [0, 0.1) is 31.6 Å². The van der Waals surface area contributed by atoms with Crippen LogP contribution in [0.1, 0.15) is 26.3 Å². The Morgan fingerprint density at radius 2 is 1.67 bits per heavy atom. The van der Waals surface area contributed by atoms with Crippen molar-refractivity contribution in [2.75, 3.05) is 6.54 Å². The van der Waals surface area contributed by atoms with E-state index in [0.29, 0.717) is 18.8 Å². The van der Waals surface area contributed by atoms with Gasteiger partial charge in [-0.3, -0.25) is 0 Å². The summed E-state index contributed by atoms with van der Waals surface area (Å²) in [6.07, 6.45) is 0. The van der Waals surface area contributed by atoms with Gasteiger partial charge in [0.2, 0.25) is 0 Å². The van der Waals surface area contributed by atoms with E-state index in [9.17, 15) is 10.5 Å². The molecule has 4 nitrogen and oxygen atoms in total. The van der Waals surface area contributed by atoms with E-state index in [1.807, 2.05) is 24.3 Å². The molecule has 0 fully saturated rings. The Morgan fingerprint density at radius 3 is 2.19 bits per heavy atom. The molecule has 1 aromatic carbocycles. The lowest BCUT2D eigenvalue weighted by molar-refractivity contribution is 0.398. The fourth-order valence-electron chi connectivity index (χ4n) is 1.55. The summed E-state index contributed by atoms with van der Waals surface area (Å²) in [7, 11) is 0. The Labute approximate surface area is 140 Å². The summed E-state index contributed by atoms with van der Waals surface area (Å²) in [5.41, 5.74) is 1.70. The number of allylic oxidation sites excluding steroid dienone is 2. The highest BCUT2D eigenvalue weighted by atomic mass is 127. The Hall–Kier alpha value is -1.73. The van der Waals surface area contributed by atoms with Gasteiger partial charge in [-0.2, -0.15) is 10.5 Å². The average molecular weight is 394 g/mol. The second kappa shape index (κ2) is 7.90. The average Bonchev–Trinajstić information content (AvgIpc) is 2.43. The number of halogens is 1. The lowest BCUT2D eigenvalue weighted by Crippen LogP contribution is -2.28. The van der Waals surface area contributed by atoms with E-state index in [4.69, 9.17) is 0 Å². The fraction of sp³-hybridized carbons (Fsp3) is 0.375. The van der Waals surface area contributed by atoms with Crippen LogP contribution in [-0.2, 0) is 6.54 Å². The predicted octanol–water partition coefficient (Wildman–Crippen LogP) is 3.28. The van der Waals surface area contributed by atoms with Gasteiger partial charge in [0.25, 0.3) is 0 Å². The van der Waals surface area contributed by atoms with Crippen LogP contribution < -0.4 is 10.6 Å². The SMILES string of the molecule is CC(C)(C)CN/C(C#N)=C(/C#N)NCc1ccccc1I. The van der Waals surface area contributed by atoms with E-state index in [-0.39, 0.29) is 11.1 Å². The second-order valence-electron chi connectivity index (χ2n) is 5.83. The van der Waals surface area contributed by atoms with Crippen molar-refractivity contribution in [3.63, 3.8) is 0 Å². The maximum Gasteiger partial charge on any atom is 0.148 e. The molecule has 1 aromatic rings. The monoisotopic (exact) mass is 394 g/mol. The lowest BCUT2D eigenvalue weighted by atomic mass is 9.97. The molecule has 1 rings (SSSR count). The molecule has 0 aromatic heterocycles. The summed E-state index contributed by atoms with van der Waals surface area (Å²) in [6.45, 7) is 7.36. The third-order valence-electron chi connectivity index (χ3n) is 2.68. The summed E-state index contributed by atoms with van der Waals surface area (Å²) < 4.78 is 1.13. The zero-order chi connectivity index (χ0) is 15.9. The smallest absolute Gasteiger partial charge is 0.148 e. The van der Waals surface area contributed by atoms with E-state index < -0.39 is 0 Å². The summed E-state index contributed by atoms with van der Waals surface area (Å²) >= 11 is 2.25. The molecule has 0 radical (unpaired) electrons. The van der Waals surface area contributed by atoms with Crippen LogP contribution in [0.4, 0.5) is 0 Å². The lowest BCUT2D eigenvalue weighted by Gasteiger charge is -2.19. The van der Waals surface area contributed by atoms with Gasteiger partial charge in [-0.25, -0.2) is 0 Å². The first-order valence-electron chi connectivity index (χ1n) is 6.63. The van der Waals surface area contributed by atoms with Gasteiger partial charge in [0.05, 0.1) is 0 Å². The van der Waals surface area contributed by atoms with Gasteiger partial charge in [0, 0.05) is 16.7 Å². The van der Waals surface area contributed by atoms with Crippen molar-refractivity contribution in [3.05, 3.63) is 44.8 Å². The Morgan fingerprint density at radius 1 is 1.10 bits per heavy atom. The van der Waals surface area contributed by atoms with Gasteiger partial charge in [0.15, 0.2) is 0 Å². The van der Waals surface area contributed by atoms with Crippen LogP contribution in [0.25, 0.3) is 0 Å². The number of hydrogen-bond acceptors (Lipinski definition) is 4. The molecule has 110 valence electrons. The molecule has 0 aliphatic rings. The largest absolute Gasteiger partial charge is 0.374 e. The predicted molar refractivity (Wildman–Crippen MR) is 91.7 cm³/mol. The number of rotatable bonds is 5. The highest BCUT2D eigenvalue weighted by Gasteiger charge is 2.13. The number of benzene rings is 1. The first kappa shape index (κ1) is 17.3.